The van der Waals surface area contributed by atoms with Crippen molar-refractivity contribution in [2.24, 2.45) is 0 Å². The number of carbonyl (C=O) groups excluding carboxylic acids is 1. The van der Waals surface area contributed by atoms with Gasteiger partial charge in [0.05, 0.1) is 10.5 Å². The molecule has 2 heterocycles. The van der Waals surface area contributed by atoms with Crippen molar-refractivity contribution in [1.29, 1.82) is 0 Å². The van der Waals surface area contributed by atoms with Crippen LogP contribution in [0, 0.1) is 0 Å². The number of rotatable bonds is 1. The third-order valence-corrected chi connectivity index (χ3v) is 4.22. The van der Waals surface area contributed by atoms with E-state index in [0.29, 0.717) is 18.2 Å². The van der Waals surface area contributed by atoms with E-state index in [9.17, 15) is 4.79 Å². The standard InChI is InChI=1S/C13H19BrClN3O2/c1-13(2,3)20-12(19)17-6-4-9(5-7-17)18-8-10(14)11(15)16-18/h8-9H,4-7H2,1-3H3. The summed E-state index contributed by atoms with van der Waals surface area (Å²) < 4.78 is 8.05. The molecule has 1 aromatic heterocycles. The van der Waals surface area contributed by atoms with Crippen LogP contribution in [0.25, 0.3) is 0 Å². The van der Waals surface area contributed by atoms with Crippen molar-refractivity contribution in [2.75, 3.05) is 13.1 Å². The molecular formula is C13H19BrClN3O2. The van der Waals surface area contributed by atoms with Crippen molar-refractivity contribution in [2.45, 2.75) is 45.3 Å². The lowest BCUT2D eigenvalue weighted by Gasteiger charge is -2.33. The summed E-state index contributed by atoms with van der Waals surface area (Å²) in [5, 5.41) is 4.74. The Balaban J connectivity index is 1.91. The smallest absolute Gasteiger partial charge is 0.410 e. The highest BCUT2D eigenvalue weighted by Gasteiger charge is 2.28. The Hall–Kier alpha value is -0.750. The summed E-state index contributed by atoms with van der Waals surface area (Å²) in [6.45, 7) is 6.98. The van der Waals surface area contributed by atoms with E-state index >= 15 is 0 Å². The number of amides is 1. The highest BCUT2D eigenvalue weighted by atomic mass is 79.9. The lowest BCUT2D eigenvalue weighted by Crippen LogP contribution is -2.42. The van der Waals surface area contributed by atoms with E-state index in [0.717, 1.165) is 17.3 Å². The highest BCUT2D eigenvalue weighted by Crippen LogP contribution is 2.27. The Labute approximate surface area is 132 Å². The number of aromatic nitrogens is 2. The molecule has 20 heavy (non-hydrogen) atoms. The number of piperidine rings is 1. The van der Waals surface area contributed by atoms with E-state index in [2.05, 4.69) is 21.0 Å². The Kier molecular flexibility index (Phi) is 4.64. The maximum Gasteiger partial charge on any atom is 0.410 e. The van der Waals surface area contributed by atoms with Crippen LogP contribution in [0.3, 0.4) is 0 Å². The topological polar surface area (TPSA) is 47.4 Å². The fourth-order valence-electron chi connectivity index (χ4n) is 2.17. The van der Waals surface area contributed by atoms with Crippen molar-refractivity contribution >= 4 is 33.6 Å². The van der Waals surface area contributed by atoms with Crippen molar-refractivity contribution < 1.29 is 9.53 Å². The molecule has 1 aromatic rings. The third kappa shape index (κ3) is 3.88. The number of halogens is 2. The largest absolute Gasteiger partial charge is 0.444 e. The van der Waals surface area contributed by atoms with E-state index in [1.807, 2.05) is 31.6 Å². The average Bonchev–Trinajstić information content (AvgIpc) is 2.68. The predicted octanol–water partition coefficient (Wildman–Crippen LogP) is 3.87. The fourth-order valence-corrected chi connectivity index (χ4v) is 2.60. The molecule has 2 rings (SSSR count). The molecule has 5 nitrogen and oxygen atoms in total. The lowest BCUT2D eigenvalue weighted by atomic mass is 10.1. The molecule has 1 saturated heterocycles. The second-order valence-corrected chi connectivity index (χ2v) is 7.16. The summed E-state index contributed by atoms with van der Waals surface area (Å²) in [5.74, 6) is 0. The van der Waals surface area contributed by atoms with Gasteiger partial charge in [0.1, 0.15) is 5.60 Å². The highest BCUT2D eigenvalue weighted by molar-refractivity contribution is 9.10. The third-order valence-electron chi connectivity index (χ3n) is 3.14. The molecule has 0 unspecified atom stereocenters. The Morgan fingerprint density at radius 3 is 2.50 bits per heavy atom. The summed E-state index contributed by atoms with van der Waals surface area (Å²) in [6.07, 6.45) is 3.35. The molecule has 0 bridgehead atoms. The normalized spacial score (nSPS) is 17.4. The second-order valence-electron chi connectivity index (χ2n) is 5.95. The Morgan fingerprint density at radius 2 is 2.05 bits per heavy atom. The number of ether oxygens (including phenoxy) is 1. The Morgan fingerprint density at radius 1 is 1.45 bits per heavy atom. The van der Waals surface area contributed by atoms with E-state index in [-0.39, 0.29) is 12.1 Å². The van der Waals surface area contributed by atoms with E-state index in [1.54, 1.807) is 4.90 Å². The average molecular weight is 365 g/mol. The van der Waals surface area contributed by atoms with Gasteiger partial charge in [0.2, 0.25) is 0 Å². The van der Waals surface area contributed by atoms with Crippen molar-refractivity contribution in [3.63, 3.8) is 0 Å². The van der Waals surface area contributed by atoms with Gasteiger partial charge in [0, 0.05) is 19.3 Å². The first kappa shape index (κ1) is 15.6. The molecule has 0 atom stereocenters. The van der Waals surface area contributed by atoms with Gasteiger partial charge in [-0.2, -0.15) is 5.10 Å². The molecule has 0 radical (unpaired) electrons. The number of carbonyl (C=O) groups is 1. The summed E-state index contributed by atoms with van der Waals surface area (Å²) in [7, 11) is 0. The van der Waals surface area contributed by atoms with E-state index in [1.165, 1.54) is 0 Å². The van der Waals surface area contributed by atoms with Crippen LogP contribution >= 0.6 is 27.5 Å². The fraction of sp³-hybridized carbons (Fsp3) is 0.692. The predicted molar refractivity (Wildman–Crippen MR) is 81.0 cm³/mol. The zero-order valence-electron chi connectivity index (χ0n) is 11.9. The van der Waals surface area contributed by atoms with Gasteiger partial charge in [0.25, 0.3) is 0 Å². The summed E-state index contributed by atoms with van der Waals surface area (Å²) >= 11 is 9.29. The van der Waals surface area contributed by atoms with E-state index < -0.39 is 5.60 Å². The van der Waals surface area contributed by atoms with Gasteiger partial charge in [-0.15, -0.1) is 0 Å². The summed E-state index contributed by atoms with van der Waals surface area (Å²) in [5.41, 5.74) is -0.450. The van der Waals surface area contributed by atoms with Crippen LogP contribution in [0.15, 0.2) is 10.7 Å². The van der Waals surface area contributed by atoms with Gasteiger partial charge >= 0.3 is 6.09 Å². The molecule has 0 spiro atoms. The van der Waals surface area contributed by atoms with Crippen molar-refractivity contribution in [1.82, 2.24) is 14.7 Å². The number of hydrogen-bond acceptors (Lipinski definition) is 3. The molecule has 0 N–H and O–H groups in total. The van der Waals surface area contributed by atoms with Gasteiger partial charge in [-0.3, -0.25) is 4.68 Å². The minimum Gasteiger partial charge on any atom is -0.444 e. The molecule has 1 amide bonds. The first-order chi connectivity index (χ1) is 9.26. The number of likely N-dealkylation sites (tertiary alicyclic amines) is 1. The molecule has 1 aliphatic rings. The molecular weight excluding hydrogens is 346 g/mol. The first-order valence-electron chi connectivity index (χ1n) is 6.64. The van der Waals surface area contributed by atoms with Gasteiger partial charge in [0.15, 0.2) is 5.15 Å². The zero-order chi connectivity index (χ0) is 14.9. The quantitative estimate of drug-likeness (QED) is 0.760. The minimum atomic E-state index is -0.450. The lowest BCUT2D eigenvalue weighted by molar-refractivity contribution is 0.0185. The SMILES string of the molecule is CC(C)(C)OC(=O)N1CCC(n2cc(Br)c(Cl)n2)CC1. The monoisotopic (exact) mass is 363 g/mol. The molecule has 112 valence electrons. The maximum atomic E-state index is 12.0. The van der Waals surface area contributed by atoms with Crippen molar-refractivity contribution in [3.8, 4) is 0 Å². The second kappa shape index (κ2) is 5.93. The molecule has 0 aromatic carbocycles. The van der Waals surface area contributed by atoms with Crippen LogP contribution < -0.4 is 0 Å². The first-order valence-corrected chi connectivity index (χ1v) is 7.81. The van der Waals surface area contributed by atoms with E-state index in [4.69, 9.17) is 16.3 Å². The number of hydrogen-bond donors (Lipinski definition) is 0. The molecule has 0 saturated carbocycles. The van der Waals surface area contributed by atoms with Crippen LogP contribution in [0.2, 0.25) is 5.15 Å². The molecule has 0 aliphatic carbocycles. The van der Waals surface area contributed by atoms with Crippen molar-refractivity contribution in [3.05, 3.63) is 15.8 Å². The maximum absolute atomic E-state index is 12.0. The minimum absolute atomic E-state index is 0.240. The van der Waals surface area contributed by atoms with Crippen LogP contribution in [0.1, 0.15) is 39.7 Å². The van der Waals surface area contributed by atoms with Gasteiger partial charge in [-0.25, -0.2) is 4.79 Å². The molecule has 1 aliphatic heterocycles. The van der Waals surface area contributed by atoms with Crippen LogP contribution in [0.4, 0.5) is 4.79 Å². The Bertz CT molecular complexity index is 471. The van der Waals surface area contributed by atoms with Crippen LogP contribution in [-0.2, 0) is 4.74 Å². The summed E-state index contributed by atoms with van der Waals surface area (Å²) in [6, 6.07) is 0.275. The zero-order valence-corrected chi connectivity index (χ0v) is 14.2. The summed E-state index contributed by atoms with van der Waals surface area (Å²) in [4.78, 5) is 13.7. The van der Waals surface area contributed by atoms with Crippen LogP contribution in [-0.4, -0.2) is 39.5 Å². The van der Waals surface area contributed by atoms with Gasteiger partial charge < -0.3 is 9.64 Å². The van der Waals surface area contributed by atoms with Gasteiger partial charge in [-0.05, 0) is 49.5 Å². The van der Waals surface area contributed by atoms with Gasteiger partial charge in [-0.1, -0.05) is 11.6 Å². The number of nitrogens with zero attached hydrogens (tertiary/aromatic N) is 3. The molecule has 1 fully saturated rings. The van der Waals surface area contributed by atoms with Crippen LogP contribution in [0.5, 0.6) is 0 Å². The molecule has 7 heteroatoms.